The van der Waals surface area contributed by atoms with Crippen LogP contribution in [0.4, 0.5) is 0 Å². The number of carbonyl (C=O) groups is 1. The Bertz CT molecular complexity index is 578. The summed E-state index contributed by atoms with van der Waals surface area (Å²) < 4.78 is 10.7. The molecule has 1 aliphatic heterocycles. The SMILES string of the molecule is CCOC(=O)CCCN1CCN(CCOc2ccccc2C#N)CC1. The average Bonchev–Trinajstić information content (AvgIpc) is 2.64. The van der Waals surface area contributed by atoms with Crippen molar-refractivity contribution in [3.05, 3.63) is 29.8 Å². The van der Waals surface area contributed by atoms with Crippen LogP contribution in [0.5, 0.6) is 5.75 Å². The van der Waals surface area contributed by atoms with Crippen LogP contribution in [0.25, 0.3) is 0 Å². The number of rotatable bonds is 9. The van der Waals surface area contributed by atoms with Crippen molar-refractivity contribution in [1.82, 2.24) is 9.80 Å². The van der Waals surface area contributed by atoms with Crippen LogP contribution in [0, 0.1) is 11.3 Å². The Morgan fingerprint density at radius 1 is 1.16 bits per heavy atom. The number of esters is 1. The van der Waals surface area contributed by atoms with Crippen LogP contribution in [0.1, 0.15) is 25.3 Å². The molecule has 1 aromatic rings. The van der Waals surface area contributed by atoms with Crippen LogP contribution in [-0.4, -0.2) is 68.3 Å². The highest BCUT2D eigenvalue weighted by Gasteiger charge is 2.17. The highest BCUT2D eigenvalue weighted by molar-refractivity contribution is 5.69. The molecule has 0 aromatic heterocycles. The summed E-state index contributed by atoms with van der Waals surface area (Å²) in [5.41, 5.74) is 0.578. The second kappa shape index (κ2) is 10.7. The molecule has 0 unspecified atom stereocenters. The van der Waals surface area contributed by atoms with Gasteiger partial charge < -0.3 is 14.4 Å². The number of hydrogen-bond acceptors (Lipinski definition) is 6. The van der Waals surface area contributed by atoms with Gasteiger partial charge in [0.15, 0.2) is 0 Å². The second-order valence-electron chi connectivity index (χ2n) is 6.05. The summed E-state index contributed by atoms with van der Waals surface area (Å²) in [5, 5.41) is 9.06. The third-order valence-corrected chi connectivity index (χ3v) is 4.30. The number of benzene rings is 1. The molecule has 136 valence electrons. The number of nitrogens with zero attached hydrogens (tertiary/aromatic N) is 3. The third-order valence-electron chi connectivity index (χ3n) is 4.30. The van der Waals surface area contributed by atoms with E-state index in [1.165, 1.54) is 0 Å². The molecular formula is C19H27N3O3. The van der Waals surface area contributed by atoms with Crippen LogP contribution in [0.15, 0.2) is 24.3 Å². The Kier molecular flexibility index (Phi) is 8.23. The fourth-order valence-electron chi connectivity index (χ4n) is 2.89. The minimum atomic E-state index is -0.101. The highest BCUT2D eigenvalue weighted by Crippen LogP contribution is 2.16. The van der Waals surface area contributed by atoms with Gasteiger partial charge in [0, 0.05) is 39.1 Å². The summed E-state index contributed by atoms with van der Waals surface area (Å²) in [6.07, 6.45) is 1.35. The van der Waals surface area contributed by atoms with E-state index in [0.29, 0.717) is 30.9 Å². The summed E-state index contributed by atoms with van der Waals surface area (Å²) >= 11 is 0. The zero-order valence-corrected chi connectivity index (χ0v) is 14.9. The van der Waals surface area contributed by atoms with Crippen molar-refractivity contribution in [3.8, 4) is 11.8 Å². The van der Waals surface area contributed by atoms with E-state index in [-0.39, 0.29) is 5.97 Å². The first-order valence-electron chi connectivity index (χ1n) is 8.95. The fraction of sp³-hybridized carbons (Fsp3) is 0.579. The predicted molar refractivity (Wildman–Crippen MR) is 95.4 cm³/mol. The summed E-state index contributed by atoms with van der Waals surface area (Å²) in [6, 6.07) is 9.47. The van der Waals surface area contributed by atoms with Gasteiger partial charge in [-0.2, -0.15) is 5.26 Å². The van der Waals surface area contributed by atoms with Gasteiger partial charge in [-0.15, -0.1) is 0 Å². The second-order valence-corrected chi connectivity index (χ2v) is 6.05. The van der Waals surface area contributed by atoms with Crippen molar-refractivity contribution in [2.24, 2.45) is 0 Å². The van der Waals surface area contributed by atoms with E-state index in [2.05, 4.69) is 15.9 Å². The summed E-state index contributed by atoms with van der Waals surface area (Å²) in [4.78, 5) is 16.1. The minimum absolute atomic E-state index is 0.101. The first-order chi connectivity index (χ1) is 12.2. The first kappa shape index (κ1) is 19.2. The number of ether oxygens (including phenoxy) is 2. The van der Waals surface area contributed by atoms with E-state index >= 15 is 0 Å². The molecule has 0 bridgehead atoms. The largest absolute Gasteiger partial charge is 0.491 e. The maximum atomic E-state index is 11.3. The van der Waals surface area contributed by atoms with E-state index in [9.17, 15) is 4.79 Å². The van der Waals surface area contributed by atoms with E-state index in [1.54, 1.807) is 6.07 Å². The zero-order chi connectivity index (χ0) is 17.9. The van der Waals surface area contributed by atoms with Crippen LogP contribution < -0.4 is 4.74 Å². The summed E-state index contributed by atoms with van der Waals surface area (Å²) in [7, 11) is 0. The Labute approximate surface area is 149 Å². The van der Waals surface area contributed by atoms with Gasteiger partial charge in [-0.3, -0.25) is 9.69 Å². The first-order valence-corrected chi connectivity index (χ1v) is 8.95. The molecule has 1 aliphatic rings. The Balaban J connectivity index is 1.59. The summed E-state index contributed by atoms with van der Waals surface area (Å²) in [6.45, 7) is 8.70. The lowest BCUT2D eigenvalue weighted by Crippen LogP contribution is -2.47. The number of nitriles is 1. The third kappa shape index (κ3) is 6.73. The Morgan fingerprint density at radius 3 is 2.52 bits per heavy atom. The molecule has 0 N–H and O–H groups in total. The van der Waals surface area contributed by atoms with Crippen molar-refractivity contribution >= 4 is 5.97 Å². The van der Waals surface area contributed by atoms with Crippen molar-refractivity contribution in [1.29, 1.82) is 5.26 Å². The van der Waals surface area contributed by atoms with Gasteiger partial charge in [0.25, 0.3) is 0 Å². The fourth-order valence-corrected chi connectivity index (χ4v) is 2.89. The highest BCUT2D eigenvalue weighted by atomic mass is 16.5. The number of carbonyl (C=O) groups excluding carboxylic acids is 1. The van der Waals surface area contributed by atoms with Crippen LogP contribution in [0.3, 0.4) is 0 Å². The van der Waals surface area contributed by atoms with E-state index in [1.807, 2.05) is 25.1 Å². The number of hydrogen-bond donors (Lipinski definition) is 0. The van der Waals surface area contributed by atoms with Crippen LogP contribution >= 0.6 is 0 Å². The van der Waals surface area contributed by atoms with Crippen LogP contribution in [-0.2, 0) is 9.53 Å². The maximum absolute atomic E-state index is 11.3. The number of piperazine rings is 1. The minimum Gasteiger partial charge on any atom is -0.491 e. The monoisotopic (exact) mass is 345 g/mol. The van der Waals surface area contributed by atoms with Gasteiger partial charge in [-0.1, -0.05) is 12.1 Å². The van der Waals surface area contributed by atoms with Gasteiger partial charge in [-0.05, 0) is 32.0 Å². The molecule has 1 heterocycles. The van der Waals surface area contributed by atoms with E-state index in [4.69, 9.17) is 14.7 Å². The lowest BCUT2D eigenvalue weighted by atomic mass is 10.2. The normalized spacial score (nSPS) is 15.5. The molecule has 1 aromatic carbocycles. The molecule has 6 heteroatoms. The van der Waals surface area contributed by atoms with Crippen molar-refractivity contribution in [2.75, 3.05) is 52.5 Å². The molecule has 6 nitrogen and oxygen atoms in total. The van der Waals surface area contributed by atoms with Crippen molar-refractivity contribution in [3.63, 3.8) is 0 Å². The smallest absolute Gasteiger partial charge is 0.305 e. The molecular weight excluding hydrogens is 318 g/mol. The molecule has 0 atom stereocenters. The standard InChI is InChI=1S/C19H27N3O3/c1-2-24-19(23)8-5-9-21-10-12-22(13-11-21)14-15-25-18-7-4-3-6-17(18)16-20/h3-4,6-7H,2,5,8-15H2,1H3. The maximum Gasteiger partial charge on any atom is 0.305 e. The lowest BCUT2D eigenvalue weighted by Gasteiger charge is -2.34. The topological polar surface area (TPSA) is 65.8 Å². The Hall–Kier alpha value is -2.10. The molecule has 1 fully saturated rings. The Morgan fingerprint density at radius 2 is 1.84 bits per heavy atom. The molecule has 2 rings (SSSR count). The van der Waals surface area contributed by atoms with Crippen LogP contribution in [0.2, 0.25) is 0 Å². The molecule has 0 spiro atoms. The molecule has 0 saturated carbocycles. The van der Waals surface area contributed by atoms with E-state index < -0.39 is 0 Å². The van der Waals surface area contributed by atoms with Gasteiger partial charge >= 0.3 is 5.97 Å². The van der Waals surface area contributed by atoms with E-state index in [0.717, 1.165) is 45.7 Å². The summed E-state index contributed by atoms with van der Waals surface area (Å²) in [5.74, 6) is 0.554. The van der Waals surface area contributed by atoms with Gasteiger partial charge in [0.2, 0.25) is 0 Å². The average molecular weight is 345 g/mol. The molecule has 0 aliphatic carbocycles. The molecule has 0 amide bonds. The van der Waals surface area contributed by atoms with Crippen molar-refractivity contribution < 1.29 is 14.3 Å². The van der Waals surface area contributed by atoms with Gasteiger partial charge in [-0.25, -0.2) is 0 Å². The molecule has 25 heavy (non-hydrogen) atoms. The van der Waals surface area contributed by atoms with Gasteiger partial charge in [0.05, 0.1) is 12.2 Å². The van der Waals surface area contributed by atoms with Gasteiger partial charge in [0.1, 0.15) is 18.4 Å². The quantitative estimate of drug-likeness (QED) is 0.637. The zero-order valence-electron chi connectivity index (χ0n) is 14.9. The lowest BCUT2D eigenvalue weighted by molar-refractivity contribution is -0.143. The molecule has 1 saturated heterocycles. The van der Waals surface area contributed by atoms with Crippen molar-refractivity contribution in [2.45, 2.75) is 19.8 Å². The number of para-hydroxylation sites is 1. The molecule has 0 radical (unpaired) electrons. The predicted octanol–water partition coefficient (Wildman–Crippen LogP) is 1.90.